The van der Waals surface area contributed by atoms with E-state index in [1.165, 1.54) is 0 Å². The number of para-hydroxylation sites is 1. The third kappa shape index (κ3) is 5.85. The van der Waals surface area contributed by atoms with Gasteiger partial charge in [0.15, 0.2) is 0 Å². The fourth-order valence-electron chi connectivity index (χ4n) is 3.58. The number of hydrogen-bond acceptors (Lipinski definition) is 3. The Morgan fingerprint density at radius 2 is 1.73 bits per heavy atom. The van der Waals surface area contributed by atoms with Crippen LogP contribution in [-0.4, -0.2) is 37.5 Å². The molecule has 0 aliphatic carbocycles. The van der Waals surface area contributed by atoms with Crippen molar-refractivity contribution in [1.29, 1.82) is 0 Å². The van der Waals surface area contributed by atoms with Crippen LogP contribution in [0.1, 0.15) is 53.8 Å². The van der Waals surface area contributed by atoms with E-state index in [-0.39, 0.29) is 17.9 Å². The lowest BCUT2D eigenvalue weighted by Crippen LogP contribution is -2.45. The number of benzene rings is 2. The molecular weight excluding hydrogens is 442 g/mol. The molecular formula is C24H30BrN3O2. The zero-order valence-corrected chi connectivity index (χ0v) is 19.2. The van der Waals surface area contributed by atoms with E-state index in [1.807, 2.05) is 48.5 Å². The van der Waals surface area contributed by atoms with Crippen LogP contribution in [0.3, 0.4) is 0 Å². The molecule has 0 bridgehead atoms. The maximum atomic E-state index is 12.7. The Morgan fingerprint density at radius 3 is 2.40 bits per heavy atom. The van der Waals surface area contributed by atoms with Crippen LogP contribution in [0.4, 0.5) is 5.69 Å². The summed E-state index contributed by atoms with van der Waals surface area (Å²) >= 11 is 3.39. The Bertz CT molecular complexity index is 861. The van der Waals surface area contributed by atoms with Crippen LogP contribution in [0.15, 0.2) is 53.0 Å². The van der Waals surface area contributed by atoms with Crippen molar-refractivity contribution in [2.24, 2.45) is 5.92 Å². The van der Waals surface area contributed by atoms with Gasteiger partial charge in [0, 0.05) is 41.4 Å². The van der Waals surface area contributed by atoms with Crippen LogP contribution in [0.5, 0.6) is 0 Å². The average Bonchev–Trinajstić information content (AvgIpc) is 2.78. The highest BCUT2D eigenvalue weighted by atomic mass is 79.9. The van der Waals surface area contributed by atoms with Gasteiger partial charge >= 0.3 is 0 Å². The lowest BCUT2D eigenvalue weighted by Gasteiger charge is -2.35. The van der Waals surface area contributed by atoms with Crippen LogP contribution < -0.4 is 15.5 Å². The van der Waals surface area contributed by atoms with Gasteiger partial charge in [0.1, 0.15) is 0 Å². The van der Waals surface area contributed by atoms with Gasteiger partial charge in [-0.1, -0.05) is 48.3 Å². The second-order valence-electron chi connectivity index (χ2n) is 7.98. The van der Waals surface area contributed by atoms with Crippen molar-refractivity contribution in [3.8, 4) is 0 Å². The number of nitrogens with zero attached hydrogens (tertiary/aromatic N) is 1. The lowest BCUT2D eigenvalue weighted by atomic mass is 10.0. The van der Waals surface area contributed by atoms with Crippen molar-refractivity contribution in [2.75, 3.05) is 24.5 Å². The third-order valence-corrected chi connectivity index (χ3v) is 6.26. The molecule has 0 saturated carbocycles. The number of carbonyl (C=O) groups excluding carboxylic acids is 2. The van der Waals surface area contributed by atoms with Crippen LogP contribution in [0.2, 0.25) is 0 Å². The molecule has 1 aliphatic rings. The standard InChI is InChI=1S/C24H30BrN3O2/c1-3-17(2)16-26-24(30)21-6-4-5-7-22(21)28-14-12-20(13-15-28)27-23(29)18-8-10-19(25)11-9-18/h4-11,17,20H,3,12-16H2,1-2H3,(H,26,30)(H,27,29). The first-order valence-electron chi connectivity index (χ1n) is 10.7. The lowest BCUT2D eigenvalue weighted by molar-refractivity contribution is 0.0929. The molecule has 0 spiro atoms. The van der Waals surface area contributed by atoms with Gasteiger partial charge in [-0.15, -0.1) is 0 Å². The van der Waals surface area contributed by atoms with E-state index >= 15 is 0 Å². The monoisotopic (exact) mass is 471 g/mol. The number of amides is 2. The number of hydrogen-bond donors (Lipinski definition) is 2. The minimum absolute atomic E-state index is 0.0171. The smallest absolute Gasteiger partial charge is 0.253 e. The second kappa shape index (κ2) is 10.6. The van der Waals surface area contributed by atoms with Crippen molar-refractivity contribution in [1.82, 2.24) is 10.6 Å². The number of piperidine rings is 1. The fourth-order valence-corrected chi connectivity index (χ4v) is 3.85. The van der Waals surface area contributed by atoms with Crippen molar-refractivity contribution in [2.45, 2.75) is 39.2 Å². The summed E-state index contributed by atoms with van der Waals surface area (Å²) in [5, 5.41) is 6.20. The number of nitrogens with one attached hydrogen (secondary N) is 2. The molecule has 1 saturated heterocycles. The molecule has 1 atom stereocenters. The Kier molecular flexibility index (Phi) is 7.91. The van der Waals surface area contributed by atoms with Gasteiger partial charge in [-0.25, -0.2) is 0 Å². The number of anilines is 1. The molecule has 3 rings (SSSR count). The SMILES string of the molecule is CCC(C)CNC(=O)c1ccccc1N1CCC(NC(=O)c2ccc(Br)cc2)CC1. The molecule has 2 N–H and O–H groups in total. The third-order valence-electron chi connectivity index (χ3n) is 5.73. The molecule has 30 heavy (non-hydrogen) atoms. The topological polar surface area (TPSA) is 61.4 Å². The van der Waals surface area contributed by atoms with Crippen LogP contribution in [-0.2, 0) is 0 Å². The van der Waals surface area contributed by atoms with Gasteiger partial charge in [0.2, 0.25) is 0 Å². The highest BCUT2D eigenvalue weighted by Crippen LogP contribution is 2.24. The Hall–Kier alpha value is -2.34. The van der Waals surface area contributed by atoms with E-state index in [9.17, 15) is 9.59 Å². The highest BCUT2D eigenvalue weighted by Gasteiger charge is 2.24. The van der Waals surface area contributed by atoms with Gasteiger partial charge in [0.05, 0.1) is 5.56 Å². The number of halogens is 1. The molecule has 5 nitrogen and oxygen atoms in total. The van der Waals surface area contributed by atoms with E-state index in [0.717, 1.165) is 48.1 Å². The van der Waals surface area contributed by atoms with Crippen molar-refractivity contribution < 1.29 is 9.59 Å². The second-order valence-corrected chi connectivity index (χ2v) is 8.90. The molecule has 0 aromatic heterocycles. The predicted octanol–water partition coefficient (Wildman–Crippen LogP) is 4.62. The molecule has 1 heterocycles. The van der Waals surface area contributed by atoms with Crippen LogP contribution in [0, 0.1) is 5.92 Å². The van der Waals surface area contributed by atoms with Gasteiger partial charge in [-0.3, -0.25) is 9.59 Å². The molecule has 160 valence electrons. The minimum atomic E-state index is -0.0363. The summed E-state index contributed by atoms with van der Waals surface area (Å²) in [6.45, 7) is 6.57. The van der Waals surface area contributed by atoms with E-state index in [4.69, 9.17) is 0 Å². The first kappa shape index (κ1) is 22.3. The summed E-state index contributed by atoms with van der Waals surface area (Å²) in [4.78, 5) is 27.4. The summed E-state index contributed by atoms with van der Waals surface area (Å²) < 4.78 is 0.958. The largest absolute Gasteiger partial charge is 0.371 e. The Balaban J connectivity index is 1.58. The van der Waals surface area contributed by atoms with Gasteiger partial charge in [-0.05, 0) is 55.2 Å². The van der Waals surface area contributed by atoms with Crippen molar-refractivity contribution in [3.05, 3.63) is 64.1 Å². The minimum Gasteiger partial charge on any atom is -0.371 e. The quantitative estimate of drug-likeness (QED) is 0.618. The summed E-state index contributed by atoms with van der Waals surface area (Å²) in [6.07, 6.45) is 2.75. The molecule has 1 aliphatic heterocycles. The average molecular weight is 472 g/mol. The molecule has 6 heteroatoms. The fraction of sp³-hybridized carbons (Fsp3) is 0.417. The number of carbonyl (C=O) groups is 2. The normalized spacial score (nSPS) is 15.5. The summed E-state index contributed by atoms with van der Waals surface area (Å²) in [6, 6.07) is 15.3. The Labute approximate surface area is 187 Å². The molecule has 2 aromatic carbocycles. The predicted molar refractivity (Wildman–Crippen MR) is 125 cm³/mol. The van der Waals surface area contributed by atoms with E-state index in [2.05, 4.69) is 45.3 Å². The van der Waals surface area contributed by atoms with Gasteiger partial charge in [0.25, 0.3) is 11.8 Å². The Morgan fingerprint density at radius 1 is 1.07 bits per heavy atom. The maximum Gasteiger partial charge on any atom is 0.253 e. The maximum absolute atomic E-state index is 12.7. The first-order chi connectivity index (χ1) is 14.5. The highest BCUT2D eigenvalue weighted by molar-refractivity contribution is 9.10. The molecule has 1 unspecified atom stereocenters. The van der Waals surface area contributed by atoms with Crippen molar-refractivity contribution >= 4 is 33.4 Å². The first-order valence-corrected chi connectivity index (χ1v) is 11.5. The van der Waals surface area contributed by atoms with Crippen LogP contribution >= 0.6 is 15.9 Å². The molecule has 2 amide bonds. The van der Waals surface area contributed by atoms with E-state index in [1.54, 1.807) is 0 Å². The van der Waals surface area contributed by atoms with E-state index in [0.29, 0.717) is 18.0 Å². The van der Waals surface area contributed by atoms with Gasteiger partial charge in [-0.2, -0.15) is 0 Å². The zero-order chi connectivity index (χ0) is 21.5. The molecule has 0 radical (unpaired) electrons. The van der Waals surface area contributed by atoms with Crippen LogP contribution in [0.25, 0.3) is 0 Å². The summed E-state index contributed by atoms with van der Waals surface area (Å²) in [5.74, 6) is 0.411. The molecule has 1 fully saturated rings. The van der Waals surface area contributed by atoms with E-state index < -0.39 is 0 Å². The van der Waals surface area contributed by atoms with Gasteiger partial charge < -0.3 is 15.5 Å². The summed E-state index contributed by atoms with van der Waals surface area (Å²) in [7, 11) is 0. The summed E-state index contributed by atoms with van der Waals surface area (Å²) in [5.41, 5.74) is 2.36. The number of rotatable bonds is 7. The van der Waals surface area contributed by atoms with Crippen molar-refractivity contribution in [3.63, 3.8) is 0 Å². The zero-order valence-electron chi connectivity index (χ0n) is 17.7. The molecule has 2 aromatic rings.